The van der Waals surface area contributed by atoms with Crippen LogP contribution < -0.4 is 10.6 Å². The second kappa shape index (κ2) is 4.91. The summed E-state index contributed by atoms with van der Waals surface area (Å²) in [6.45, 7) is 0. The van der Waals surface area contributed by atoms with Gasteiger partial charge in [-0.25, -0.2) is 0 Å². The van der Waals surface area contributed by atoms with Crippen molar-refractivity contribution < 1.29 is 22.8 Å². The Kier molecular flexibility index (Phi) is 3.46. The van der Waals surface area contributed by atoms with Gasteiger partial charge in [0.1, 0.15) is 6.04 Å². The molecule has 1 atom stereocenters. The lowest BCUT2D eigenvalue weighted by Gasteiger charge is -2.15. The van der Waals surface area contributed by atoms with E-state index in [1.54, 1.807) is 0 Å². The van der Waals surface area contributed by atoms with Crippen LogP contribution in [0.5, 0.6) is 0 Å². The number of nitrogens with one attached hydrogen (secondary N) is 2. The number of alkyl halides is 3. The Bertz CT molecular complexity index is 514. The van der Waals surface area contributed by atoms with Crippen LogP contribution in [0.15, 0.2) is 24.3 Å². The highest BCUT2D eigenvalue weighted by molar-refractivity contribution is 5.99. The third kappa shape index (κ3) is 3.04. The number of amides is 2. The highest BCUT2D eigenvalue weighted by Gasteiger charge is 2.34. The molecule has 1 fully saturated rings. The van der Waals surface area contributed by atoms with Crippen molar-refractivity contribution in [3.63, 3.8) is 0 Å². The van der Waals surface area contributed by atoms with Crippen molar-refractivity contribution in [3.05, 3.63) is 29.8 Å². The summed E-state index contributed by atoms with van der Waals surface area (Å²) in [6.07, 6.45) is -4.04. The van der Waals surface area contributed by atoms with E-state index in [1.165, 1.54) is 18.2 Å². The number of benzene rings is 1. The quantitative estimate of drug-likeness (QED) is 0.864. The van der Waals surface area contributed by atoms with Gasteiger partial charge in [-0.1, -0.05) is 12.1 Å². The summed E-state index contributed by atoms with van der Waals surface area (Å²) in [7, 11) is 0. The summed E-state index contributed by atoms with van der Waals surface area (Å²) in [5.41, 5.74) is -1.21. The van der Waals surface area contributed by atoms with Gasteiger partial charge in [0.05, 0.1) is 11.3 Å². The number of rotatable bonds is 2. The van der Waals surface area contributed by atoms with Crippen molar-refractivity contribution in [1.82, 2.24) is 5.32 Å². The molecule has 4 nitrogen and oxygen atoms in total. The molecular weight excluding hydrogens is 261 g/mol. The molecule has 2 N–H and O–H groups in total. The van der Waals surface area contributed by atoms with Gasteiger partial charge in [0.15, 0.2) is 0 Å². The first-order valence-electron chi connectivity index (χ1n) is 5.64. The predicted molar refractivity (Wildman–Crippen MR) is 61.2 cm³/mol. The van der Waals surface area contributed by atoms with Gasteiger partial charge in [-0.2, -0.15) is 13.2 Å². The van der Waals surface area contributed by atoms with Gasteiger partial charge < -0.3 is 10.6 Å². The van der Waals surface area contributed by atoms with Crippen LogP contribution in [-0.4, -0.2) is 17.9 Å². The monoisotopic (exact) mass is 272 g/mol. The van der Waals surface area contributed by atoms with Gasteiger partial charge in [0, 0.05) is 6.42 Å². The van der Waals surface area contributed by atoms with Gasteiger partial charge in [-0.05, 0) is 18.6 Å². The van der Waals surface area contributed by atoms with Crippen LogP contribution in [0.1, 0.15) is 18.4 Å². The number of carbonyl (C=O) groups is 2. The maximum Gasteiger partial charge on any atom is 0.418 e. The Hall–Kier alpha value is -2.05. The maximum absolute atomic E-state index is 12.7. The lowest BCUT2D eigenvalue weighted by molar-refractivity contribution is -0.137. The molecule has 1 aliphatic heterocycles. The minimum Gasteiger partial charge on any atom is -0.344 e. The lowest BCUT2D eigenvalue weighted by atomic mass is 10.1. The molecule has 2 rings (SSSR count). The first-order valence-corrected chi connectivity index (χ1v) is 5.64. The molecule has 0 saturated carbocycles. The SMILES string of the molecule is O=C1CC[C@H](C(=O)Nc2ccccc2C(F)(F)F)N1. The number of hydrogen-bond acceptors (Lipinski definition) is 2. The van der Waals surface area contributed by atoms with E-state index in [0.29, 0.717) is 6.42 Å². The van der Waals surface area contributed by atoms with Crippen molar-refractivity contribution in [2.45, 2.75) is 25.1 Å². The molecule has 0 aromatic heterocycles. The highest BCUT2D eigenvalue weighted by atomic mass is 19.4. The van der Waals surface area contributed by atoms with Crippen molar-refractivity contribution in [3.8, 4) is 0 Å². The first-order chi connectivity index (χ1) is 8.88. The van der Waals surface area contributed by atoms with Crippen LogP contribution in [-0.2, 0) is 15.8 Å². The molecular formula is C12H11F3N2O2. The van der Waals surface area contributed by atoms with Crippen LogP contribution in [0.25, 0.3) is 0 Å². The maximum atomic E-state index is 12.7. The molecule has 0 bridgehead atoms. The average molecular weight is 272 g/mol. The summed E-state index contributed by atoms with van der Waals surface area (Å²) in [6, 6.07) is 3.95. The molecule has 1 saturated heterocycles. The molecule has 1 aromatic carbocycles. The van der Waals surface area contributed by atoms with Crippen LogP contribution in [0.2, 0.25) is 0 Å². The normalized spacial score (nSPS) is 19.1. The van der Waals surface area contributed by atoms with Crippen LogP contribution in [0.4, 0.5) is 18.9 Å². The third-order valence-electron chi connectivity index (χ3n) is 2.80. The van der Waals surface area contributed by atoms with E-state index < -0.39 is 23.7 Å². The highest BCUT2D eigenvalue weighted by Crippen LogP contribution is 2.34. The second-order valence-corrected chi connectivity index (χ2v) is 4.19. The summed E-state index contributed by atoms with van der Waals surface area (Å²) in [5, 5.41) is 4.61. The van der Waals surface area contributed by atoms with Crippen molar-refractivity contribution in [1.29, 1.82) is 0 Å². The van der Waals surface area contributed by atoms with Crippen molar-refractivity contribution in [2.75, 3.05) is 5.32 Å². The third-order valence-corrected chi connectivity index (χ3v) is 2.80. The Morgan fingerprint density at radius 3 is 2.58 bits per heavy atom. The summed E-state index contributed by atoms with van der Waals surface area (Å²) >= 11 is 0. The van der Waals surface area contributed by atoms with E-state index in [4.69, 9.17) is 0 Å². The molecule has 0 unspecified atom stereocenters. The summed E-state index contributed by atoms with van der Waals surface area (Å²) < 4.78 is 38.2. The first kappa shape index (κ1) is 13.4. The Morgan fingerprint density at radius 1 is 1.32 bits per heavy atom. The molecule has 102 valence electrons. The number of hydrogen-bond donors (Lipinski definition) is 2. The molecule has 1 aromatic rings. The Labute approximate surface area is 107 Å². The van der Waals surface area contributed by atoms with Gasteiger partial charge in [-0.15, -0.1) is 0 Å². The fourth-order valence-electron chi connectivity index (χ4n) is 1.87. The van der Waals surface area contributed by atoms with E-state index >= 15 is 0 Å². The lowest BCUT2D eigenvalue weighted by Crippen LogP contribution is -2.37. The van der Waals surface area contributed by atoms with Crippen molar-refractivity contribution in [2.24, 2.45) is 0 Å². The van der Waals surface area contributed by atoms with E-state index in [0.717, 1.165) is 6.07 Å². The van der Waals surface area contributed by atoms with Crippen LogP contribution >= 0.6 is 0 Å². The van der Waals surface area contributed by atoms with E-state index in [2.05, 4.69) is 10.6 Å². The smallest absolute Gasteiger partial charge is 0.344 e. The average Bonchev–Trinajstić information content (AvgIpc) is 2.75. The largest absolute Gasteiger partial charge is 0.418 e. The zero-order valence-electron chi connectivity index (χ0n) is 9.75. The summed E-state index contributed by atoms with van der Waals surface area (Å²) in [4.78, 5) is 22.7. The van der Waals surface area contributed by atoms with E-state index in [9.17, 15) is 22.8 Å². The molecule has 0 spiro atoms. The van der Waals surface area contributed by atoms with Crippen molar-refractivity contribution >= 4 is 17.5 Å². The van der Waals surface area contributed by atoms with Gasteiger partial charge in [0.2, 0.25) is 11.8 Å². The van der Waals surface area contributed by atoms with E-state index in [-0.39, 0.29) is 18.0 Å². The topological polar surface area (TPSA) is 58.2 Å². The standard InChI is InChI=1S/C12H11F3N2O2/c13-12(14,15)7-3-1-2-4-8(7)17-11(19)9-5-6-10(18)16-9/h1-4,9H,5-6H2,(H,16,18)(H,17,19)/t9-/m1/s1. The number of halogens is 3. The minimum atomic E-state index is -4.54. The molecule has 0 aliphatic carbocycles. The zero-order valence-corrected chi connectivity index (χ0v) is 9.75. The summed E-state index contributed by atoms with van der Waals surface area (Å²) in [5.74, 6) is -0.910. The van der Waals surface area contributed by atoms with Gasteiger partial charge >= 0.3 is 6.18 Å². The molecule has 7 heteroatoms. The molecule has 1 aliphatic rings. The molecule has 2 amide bonds. The minimum absolute atomic E-state index is 0.207. The fourth-order valence-corrected chi connectivity index (χ4v) is 1.87. The molecule has 1 heterocycles. The second-order valence-electron chi connectivity index (χ2n) is 4.19. The predicted octanol–water partition coefficient (Wildman–Crippen LogP) is 1.92. The van der Waals surface area contributed by atoms with Gasteiger partial charge in [-0.3, -0.25) is 9.59 Å². The number of carbonyl (C=O) groups excluding carboxylic acids is 2. The Balaban J connectivity index is 2.15. The van der Waals surface area contributed by atoms with Gasteiger partial charge in [0.25, 0.3) is 0 Å². The molecule has 0 radical (unpaired) electrons. The van der Waals surface area contributed by atoms with Crippen LogP contribution in [0, 0.1) is 0 Å². The Morgan fingerprint density at radius 2 is 2.00 bits per heavy atom. The number of anilines is 1. The molecule has 19 heavy (non-hydrogen) atoms. The number of para-hydroxylation sites is 1. The zero-order chi connectivity index (χ0) is 14.0. The van der Waals surface area contributed by atoms with Crippen LogP contribution in [0.3, 0.4) is 0 Å². The van der Waals surface area contributed by atoms with E-state index in [1.807, 2.05) is 0 Å². The fraction of sp³-hybridized carbons (Fsp3) is 0.333.